The number of carboxylic acid groups (broad SMARTS) is 1. The maximum Gasteiger partial charge on any atom is 1.00 e. The zero-order valence-corrected chi connectivity index (χ0v) is 12.7. The molecule has 0 heterocycles. The van der Waals surface area contributed by atoms with Gasteiger partial charge in [0.2, 0.25) is 0 Å². The number of hydrogen-bond donors (Lipinski definition) is 2. The Bertz CT molecular complexity index is 400. The maximum absolute atomic E-state index is 11.4. The molecule has 2 N–H and O–H groups in total. The van der Waals surface area contributed by atoms with Gasteiger partial charge < -0.3 is 16.6 Å². The number of para-hydroxylation sites is 1. The van der Waals surface area contributed by atoms with Crippen molar-refractivity contribution in [2.75, 3.05) is 0 Å². The summed E-state index contributed by atoms with van der Waals surface area (Å²) in [6.45, 7) is 3.42. The standard InChI is InChI=1S/C12H15NO4.Na.H/c1-8(2)10(11(14)15)13-12(16)17-9-6-4-3-5-7-9;;/h3-8,10H,1-2H3,(H,13,16)(H,14,15);;/q;+1;-1/t10-;;/m0../s1. The topological polar surface area (TPSA) is 75.6 Å². The van der Waals surface area contributed by atoms with E-state index in [-0.39, 0.29) is 36.9 Å². The van der Waals surface area contributed by atoms with E-state index in [1.807, 2.05) is 0 Å². The van der Waals surface area contributed by atoms with Gasteiger partial charge in [-0.05, 0) is 18.1 Å². The number of aliphatic carboxylic acids is 1. The summed E-state index contributed by atoms with van der Waals surface area (Å²) in [6.07, 6.45) is -0.766. The van der Waals surface area contributed by atoms with Crippen LogP contribution in [-0.2, 0) is 4.79 Å². The molecular weight excluding hydrogens is 245 g/mol. The van der Waals surface area contributed by atoms with Crippen molar-refractivity contribution in [3.05, 3.63) is 30.3 Å². The Morgan fingerprint density at radius 3 is 2.28 bits per heavy atom. The van der Waals surface area contributed by atoms with E-state index < -0.39 is 18.1 Å². The van der Waals surface area contributed by atoms with E-state index in [0.717, 1.165) is 0 Å². The Balaban J connectivity index is 0. The number of benzene rings is 1. The fraction of sp³-hybridized carbons (Fsp3) is 0.333. The molecule has 0 bridgehead atoms. The first-order valence-electron chi connectivity index (χ1n) is 5.27. The van der Waals surface area contributed by atoms with E-state index in [1.165, 1.54) is 0 Å². The summed E-state index contributed by atoms with van der Waals surface area (Å²) in [6, 6.07) is 7.51. The smallest absolute Gasteiger partial charge is 1.00 e. The van der Waals surface area contributed by atoms with E-state index in [4.69, 9.17) is 9.84 Å². The molecule has 94 valence electrons. The van der Waals surface area contributed by atoms with Crippen LogP contribution < -0.4 is 39.6 Å². The Kier molecular flexibility index (Phi) is 7.66. The minimum absolute atomic E-state index is 0. The second kappa shape index (κ2) is 8.13. The van der Waals surface area contributed by atoms with Crippen LogP contribution in [0.2, 0.25) is 0 Å². The summed E-state index contributed by atoms with van der Waals surface area (Å²) >= 11 is 0. The summed E-state index contributed by atoms with van der Waals surface area (Å²) in [5.74, 6) is -0.918. The zero-order chi connectivity index (χ0) is 12.8. The predicted molar refractivity (Wildman–Crippen MR) is 63.0 cm³/mol. The molecule has 0 saturated heterocycles. The van der Waals surface area contributed by atoms with Gasteiger partial charge in [-0.15, -0.1) is 0 Å². The first-order valence-corrected chi connectivity index (χ1v) is 5.27. The second-order valence-corrected chi connectivity index (χ2v) is 3.91. The van der Waals surface area contributed by atoms with Crippen LogP contribution in [0.3, 0.4) is 0 Å². The fourth-order valence-corrected chi connectivity index (χ4v) is 1.27. The number of ether oxygens (including phenoxy) is 1. The molecule has 0 fully saturated rings. The van der Waals surface area contributed by atoms with Crippen LogP contribution in [0.4, 0.5) is 4.79 Å². The van der Waals surface area contributed by atoms with Crippen molar-refractivity contribution in [3.8, 4) is 5.75 Å². The van der Waals surface area contributed by atoms with E-state index >= 15 is 0 Å². The predicted octanol–water partition coefficient (Wildman–Crippen LogP) is -0.999. The Morgan fingerprint density at radius 2 is 1.83 bits per heavy atom. The SMILES string of the molecule is CC(C)[C@H](NC(=O)Oc1ccccc1)C(=O)O.[H-].[Na+]. The van der Waals surface area contributed by atoms with Gasteiger partial charge in [0.1, 0.15) is 11.8 Å². The van der Waals surface area contributed by atoms with Crippen molar-refractivity contribution in [2.24, 2.45) is 5.92 Å². The molecule has 6 heteroatoms. The first-order chi connectivity index (χ1) is 8.00. The number of nitrogens with one attached hydrogen (secondary N) is 1. The molecule has 18 heavy (non-hydrogen) atoms. The van der Waals surface area contributed by atoms with Gasteiger partial charge in [0, 0.05) is 0 Å². The van der Waals surface area contributed by atoms with Gasteiger partial charge in [-0.2, -0.15) is 0 Å². The summed E-state index contributed by atoms with van der Waals surface area (Å²) < 4.78 is 4.93. The second-order valence-electron chi connectivity index (χ2n) is 3.91. The number of carbonyl (C=O) groups is 2. The molecule has 1 aromatic rings. The van der Waals surface area contributed by atoms with Crippen LogP contribution in [-0.4, -0.2) is 23.2 Å². The number of carboxylic acids is 1. The molecule has 0 radical (unpaired) electrons. The summed E-state index contributed by atoms with van der Waals surface area (Å²) in [5, 5.41) is 11.2. The van der Waals surface area contributed by atoms with Crippen molar-refractivity contribution in [1.82, 2.24) is 5.32 Å². The van der Waals surface area contributed by atoms with Crippen LogP contribution in [0, 0.1) is 5.92 Å². The molecule has 0 aliphatic carbocycles. The number of rotatable bonds is 4. The van der Waals surface area contributed by atoms with Gasteiger partial charge >= 0.3 is 41.6 Å². The molecule has 0 spiro atoms. The maximum atomic E-state index is 11.4. The van der Waals surface area contributed by atoms with Gasteiger partial charge in [-0.25, -0.2) is 9.59 Å². The summed E-state index contributed by atoms with van der Waals surface area (Å²) in [7, 11) is 0. The molecule has 1 amide bonds. The average molecular weight is 261 g/mol. The van der Waals surface area contributed by atoms with Crippen LogP contribution in [0.1, 0.15) is 15.3 Å². The van der Waals surface area contributed by atoms with Crippen LogP contribution >= 0.6 is 0 Å². The molecule has 0 unspecified atom stereocenters. The molecule has 5 nitrogen and oxygen atoms in total. The quantitative estimate of drug-likeness (QED) is 0.682. The molecule has 1 rings (SSSR count). The average Bonchev–Trinajstić information content (AvgIpc) is 2.26. The van der Waals surface area contributed by atoms with Crippen LogP contribution in [0.5, 0.6) is 5.75 Å². The fourth-order valence-electron chi connectivity index (χ4n) is 1.27. The molecule has 0 aliphatic rings. The third-order valence-electron chi connectivity index (χ3n) is 2.16. The van der Waals surface area contributed by atoms with E-state index in [2.05, 4.69) is 5.32 Å². The zero-order valence-electron chi connectivity index (χ0n) is 11.7. The van der Waals surface area contributed by atoms with Crippen molar-refractivity contribution in [1.29, 1.82) is 0 Å². The molecule has 1 atom stereocenters. The van der Waals surface area contributed by atoms with Gasteiger partial charge in [0.15, 0.2) is 0 Å². The number of amides is 1. The molecule has 0 saturated carbocycles. The third kappa shape index (κ3) is 5.53. The van der Waals surface area contributed by atoms with E-state index in [1.54, 1.807) is 44.2 Å². The number of carbonyl (C=O) groups excluding carboxylic acids is 1. The van der Waals surface area contributed by atoms with Gasteiger partial charge in [0.05, 0.1) is 0 Å². The van der Waals surface area contributed by atoms with E-state index in [9.17, 15) is 9.59 Å². The van der Waals surface area contributed by atoms with Gasteiger partial charge in [-0.1, -0.05) is 32.0 Å². The van der Waals surface area contributed by atoms with Crippen LogP contribution in [0.15, 0.2) is 30.3 Å². The molecule has 0 aliphatic heterocycles. The molecule has 1 aromatic carbocycles. The van der Waals surface area contributed by atoms with Gasteiger partial charge in [0.25, 0.3) is 0 Å². The Hall–Kier alpha value is -1.04. The third-order valence-corrected chi connectivity index (χ3v) is 2.16. The molecular formula is C12H16NNaO4. The largest absolute Gasteiger partial charge is 1.00 e. The Labute approximate surface area is 129 Å². The summed E-state index contributed by atoms with van der Waals surface area (Å²) in [4.78, 5) is 22.3. The monoisotopic (exact) mass is 261 g/mol. The van der Waals surface area contributed by atoms with Crippen molar-refractivity contribution in [3.63, 3.8) is 0 Å². The summed E-state index contributed by atoms with van der Waals surface area (Å²) in [5.41, 5.74) is 0. The van der Waals surface area contributed by atoms with E-state index in [0.29, 0.717) is 5.75 Å². The minimum atomic E-state index is -1.08. The molecule has 0 aromatic heterocycles. The van der Waals surface area contributed by atoms with Gasteiger partial charge in [-0.3, -0.25) is 0 Å². The van der Waals surface area contributed by atoms with Crippen molar-refractivity contribution >= 4 is 12.1 Å². The minimum Gasteiger partial charge on any atom is -1.00 e. The first kappa shape index (κ1) is 17.0. The van der Waals surface area contributed by atoms with Crippen molar-refractivity contribution < 1.29 is 50.4 Å². The van der Waals surface area contributed by atoms with Crippen molar-refractivity contribution in [2.45, 2.75) is 19.9 Å². The normalized spacial score (nSPS) is 11.3. The van der Waals surface area contributed by atoms with Crippen LogP contribution in [0.25, 0.3) is 0 Å². The Morgan fingerprint density at radius 1 is 1.28 bits per heavy atom. The number of hydrogen-bond acceptors (Lipinski definition) is 3.